The Hall–Kier alpha value is -1.32. The number of nitrogens with one attached hydrogen (secondary N) is 2. The van der Waals surface area contributed by atoms with Gasteiger partial charge in [-0.2, -0.15) is 0 Å². The Morgan fingerprint density at radius 3 is 2.93 bits per heavy atom. The molecular formula is C11H19N3O. The van der Waals surface area contributed by atoms with Gasteiger partial charge < -0.3 is 5.32 Å². The van der Waals surface area contributed by atoms with Gasteiger partial charge in [0.2, 0.25) is 5.95 Å². The number of nitrogens with zero attached hydrogens (tertiary/aromatic N) is 1. The van der Waals surface area contributed by atoms with Gasteiger partial charge in [-0.1, -0.05) is 26.7 Å². The lowest BCUT2D eigenvalue weighted by Gasteiger charge is -2.16. The summed E-state index contributed by atoms with van der Waals surface area (Å²) in [5.74, 6) is 0.574. The molecule has 4 heteroatoms. The number of H-pyrrole nitrogens is 1. The molecule has 0 saturated heterocycles. The number of aromatic nitrogens is 2. The zero-order chi connectivity index (χ0) is 11.1. The van der Waals surface area contributed by atoms with E-state index in [1.807, 2.05) is 0 Å². The Bertz CT molecular complexity index is 335. The molecule has 0 aliphatic heterocycles. The number of hydrogen-bond acceptors (Lipinski definition) is 3. The van der Waals surface area contributed by atoms with E-state index in [1.54, 1.807) is 0 Å². The molecule has 84 valence electrons. The molecule has 0 aromatic carbocycles. The molecule has 0 amide bonds. The third kappa shape index (κ3) is 4.14. The molecule has 0 saturated carbocycles. The maximum atomic E-state index is 11.0. The number of hydrogen-bond donors (Lipinski definition) is 2. The van der Waals surface area contributed by atoms with Gasteiger partial charge in [-0.3, -0.25) is 9.78 Å². The van der Waals surface area contributed by atoms with Crippen molar-refractivity contribution in [3.05, 3.63) is 22.6 Å². The van der Waals surface area contributed by atoms with Gasteiger partial charge in [-0.15, -0.1) is 0 Å². The maximum absolute atomic E-state index is 11.0. The van der Waals surface area contributed by atoms with E-state index in [9.17, 15) is 4.79 Å². The van der Waals surface area contributed by atoms with Crippen molar-refractivity contribution in [2.45, 2.75) is 45.6 Å². The monoisotopic (exact) mass is 209 g/mol. The Labute approximate surface area is 90.1 Å². The van der Waals surface area contributed by atoms with Crippen LogP contribution in [0.4, 0.5) is 5.95 Å². The lowest BCUT2D eigenvalue weighted by atomic mass is 10.1. The molecule has 4 nitrogen and oxygen atoms in total. The minimum Gasteiger partial charge on any atom is -0.353 e. The van der Waals surface area contributed by atoms with E-state index in [1.165, 1.54) is 25.1 Å². The van der Waals surface area contributed by atoms with Crippen molar-refractivity contribution >= 4 is 5.95 Å². The number of anilines is 1. The van der Waals surface area contributed by atoms with Gasteiger partial charge in [-0.05, 0) is 12.8 Å². The van der Waals surface area contributed by atoms with Crippen molar-refractivity contribution in [3.8, 4) is 0 Å². The van der Waals surface area contributed by atoms with E-state index in [2.05, 4.69) is 29.1 Å². The summed E-state index contributed by atoms with van der Waals surface area (Å²) in [6.45, 7) is 4.31. The molecule has 1 rings (SSSR count). The molecule has 15 heavy (non-hydrogen) atoms. The minimum absolute atomic E-state index is 0.113. The fraction of sp³-hybridized carbons (Fsp3) is 0.636. The topological polar surface area (TPSA) is 57.8 Å². The number of rotatable bonds is 6. The molecule has 1 aromatic heterocycles. The zero-order valence-electron chi connectivity index (χ0n) is 9.42. The SMILES string of the molecule is CCCCC(CC)Nc1nccc(=O)[nH]1. The van der Waals surface area contributed by atoms with Crippen LogP contribution in [-0.4, -0.2) is 16.0 Å². The van der Waals surface area contributed by atoms with Crippen LogP contribution in [0.15, 0.2) is 17.1 Å². The van der Waals surface area contributed by atoms with E-state index in [0.717, 1.165) is 12.8 Å². The quantitative estimate of drug-likeness (QED) is 0.754. The van der Waals surface area contributed by atoms with Gasteiger partial charge in [0.1, 0.15) is 0 Å². The van der Waals surface area contributed by atoms with E-state index >= 15 is 0 Å². The van der Waals surface area contributed by atoms with Crippen LogP contribution in [0.2, 0.25) is 0 Å². The van der Waals surface area contributed by atoms with Crippen molar-refractivity contribution in [1.82, 2.24) is 9.97 Å². The van der Waals surface area contributed by atoms with Gasteiger partial charge >= 0.3 is 0 Å². The van der Waals surface area contributed by atoms with Crippen molar-refractivity contribution in [1.29, 1.82) is 0 Å². The summed E-state index contributed by atoms with van der Waals surface area (Å²) >= 11 is 0. The first-order chi connectivity index (χ1) is 7.26. The summed E-state index contributed by atoms with van der Waals surface area (Å²) < 4.78 is 0. The Morgan fingerprint density at radius 1 is 1.53 bits per heavy atom. The van der Waals surface area contributed by atoms with Gasteiger partial charge in [0.05, 0.1) is 0 Å². The first-order valence-corrected chi connectivity index (χ1v) is 5.58. The smallest absolute Gasteiger partial charge is 0.252 e. The lowest BCUT2D eigenvalue weighted by Crippen LogP contribution is -2.21. The second-order valence-electron chi connectivity index (χ2n) is 3.67. The van der Waals surface area contributed by atoms with Crippen LogP contribution in [0, 0.1) is 0 Å². The predicted octanol–water partition coefficient (Wildman–Crippen LogP) is 2.15. The second-order valence-corrected chi connectivity index (χ2v) is 3.67. The lowest BCUT2D eigenvalue weighted by molar-refractivity contribution is 0.589. The number of unbranched alkanes of at least 4 members (excludes halogenated alkanes) is 1. The van der Waals surface area contributed by atoms with Crippen LogP contribution in [0.3, 0.4) is 0 Å². The van der Waals surface area contributed by atoms with Crippen LogP contribution in [0.25, 0.3) is 0 Å². The highest BCUT2D eigenvalue weighted by molar-refractivity contribution is 5.23. The third-order valence-corrected chi connectivity index (χ3v) is 2.41. The molecule has 0 radical (unpaired) electrons. The zero-order valence-corrected chi connectivity index (χ0v) is 9.42. The maximum Gasteiger partial charge on any atom is 0.252 e. The standard InChI is InChI=1S/C11H19N3O/c1-3-5-6-9(4-2)13-11-12-8-7-10(15)14-11/h7-9H,3-6H2,1-2H3,(H2,12,13,14,15). The fourth-order valence-corrected chi connectivity index (χ4v) is 1.47. The molecule has 1 heterocycles. The Balaban J connectivity index is 2.54. The van der Waals surface area contributed by atoms with Crippen molar-refractivity contribution in [2.75, 3.05) is 5.32 Å². The molecule has 1 aromatic rings. The van der Waals surface area contributed by atoms with Crippen LogP contribution < -0.4 is 10.9 Å². The largest absolute Gasteiger partial charge is 0.353 e. The molecule has 0 aliphatic carbocycles. The van der Waals surface area contributed by atoms with Crippen LogP contribution in [-0.2, 0) is 0 Å². The fourth-order valence-electron chi connectivity index (χ4n) is 1.47. The van der Waals surface area contributed by atoms with E-state index in [4.69, 9.17) is 0 Å². The van der Waals surface area contributed by atoms with Gasteiger partial charge in [0.15, 0.2) is 0 Å². The molecule has 0 spiro atoms. The molecule has 0 aliphatic rings. The highest BCUT2D eigenvalue weighted by Crippen LogP contribution is 2.08. The van der Waals surface area contributed by atoms with Gasteiger partial charge in [0, 0.05) is 18.3 Å². The second kappa shape index (κ2) is 6.22. The van der Waals surface area contributed by atoms with E-state index < -0.39 is 0 Å². The average molecular weight is 209 g/mol. The van der Waals surface area contributed by atoms with Crippen molar-refractivity contribution in [2.24, 2.45) is 0 Å². The van der Waals surface area contributed by atoms with Crippen LogP contribution in [0.1, 0.15) is 39.5 Å². The number of aromatic amines is 1. The Morgan fingerprint density at radius 2 is 2.33 bits per heavy atom. The molecule has 1 atom stereocenters. The first kappa shape index (κ1) is 11.8. The van der Waals surface area contributed by atoms with E-state index in [-0.39, 0.29) is 5.56 Å². The summed E-state index contributed by atoms with van der Waals surface area (Å²) in [7, 11) is 0. The summed E-state index contributed by atoms with van der Waals surface area (Å²) in [4.78, 5) is 17.8. The molecular weight excluding hydrogens is 190 g/mol. The summed E-state index contributed by atoms with van der Waals surface area (Å²) in [6, 6.07) is 1.81. The highest BCUT2D eigenvalue weighted by atomic mass is 16.1. The van der Waals surface area contributed by atoms with Gasteiger partial charge in [-0.25, -0.2) is 4.98 Å². The summed E-state index contributed by atoms with van der Waals surface area (Å²) in [5.41, 5.74) is -0.113. The van der Waals surface area contributed by atoms with E-state index in [0.29, 0.717) is 12.0 Å². The summed E-state index contributed by atoms with van der Waals surface area (Å²) in [5, 5.41) is 3.24. The Kier molecular flexibility index (Phi) is 4.87. The third-order valence-electron chi connectivity index (χ3n) is 2.41. The van der Waals surface area contributed by atoms with Crippen LogP contribution in [0.5, 0.6) is 0 Å². The van der Waals surface area contributed by atoms with Crippen molar-refractivity contribution in [3.63, 3.8) is 0 Å². The van der Waals surface area contributed by atoms with Crippen molar-refractivity contribution < 1.29 is 0 Å². The molecule has 0 fully saturated rings. The normalized spacial score (nSPS) is 12.4. The first-order valence-electron chi connectivity index (χ1n) is 5.58. The average Bonchev–Trinajstić information content (AvgIpc) is 2.24. The molecule has 1 unspecified atom stereocenters. The summed E-state index contributed by atoms with van der Waals surface area (Å²) in [6.07, 6.45) is 6.07. The van der Waals surface area contributed by atoms with Crippen LogP contribution >= 0.6 is 0 Å². The molecule has 2 N–H and O–H groups in total. The van der Waals surface area contributed by atoms with Gasteiger partial charge in [0.25, 0.3) is 5.56 Å². The predicted molar refractivity (Wildman–Crippen MR) is 62.1 cm³/mol. The minimum atomic E-state index is -0.113. The highest BCUT2D eigenvalue weighted by Gasteiger charge is 2.05. The molecule has 0 bridgehead atoms.